The molecule has 12 nitrogen and oxygen atoms in total. The van der Waals surface area contributed by atoms with Gasteiger partial charge in [-0.1, -0.05) is 18.2 Å². The smallest absolute Gasteiger partial charge is 0.405 e. The summed E-state index contributed by atoms with van der Waals surface area (Å²) < 4.78 is 111. The predicted molar refractivity (Wildman–Crippen MR) is 93.0 cm³/mol. The monoisotopic (exact) mass is 467 g/mol. The van der Waals surface area contributed by atoms with Gasteiger partial charge in [-0.25, -0.2) is 25.3 Å². The van der Waals surface area contributed by atoms with Crippen molar-refractivity contribution in [1.29, 1.82) is 0 Å². The Bertz CT molecular complexity index is 1030. The first kappa shape index (κ1) is 24.0. The van der Waals surface area contributed by atoms with Gasteiger partial charge in [-0.15, -0.1) is 0 Å². The van der Waals surface area contributed by atoms with Gasteiger partial charge in [-0.3, -0.25) is 0 Å². The van der Waals surface area contributed by atoms with E-state index < -0.39 is 52.3 Å². The second-order valence-electron chi connectivity index (χ2n) is 5.29. The SMILES string of the molecule is Cc1ccccc1S(=O)(=O)O[B-](OS(C)(=O)=O)(OS(C)(=O)=O)OS(C)(=O)=O. The van der Waals surface area contributed by atoms with E-state index in [1.54, 1.807) is 0 Å². The molecule has 0 atom stereocenters. The molecule has 0 spiro atoms. The minimum Gasteiger partial charge on any atom is -0.405 e. The topological polar surface area (TPSA) is 173 Å². The average molecular weight is 467 g/mol. The Hall–Kier alpha value is -1.08. The molecule has 17 heteroatoms. The molecular weight excluding hydrogens is 451 g/mol. The lowest BCUT2D eigenvalue weighted by molar-refractivity contribution is 0.178. The number of hydrogen-bond acceptors (Lipinski definition) is 12. The molecule has 0 fully saturated rings. The van der Waals surface area contributed by atoms with Gasteiger partial charge in [0.05, 0.1) is 23.7 Å². The van der Waals surface area contributed by atoms with Crippen LogP contribution >= 0.6 is 0 Å². The highest BCUT2D eigenvalue weighted by atomic mass is 32.2. The van der Waals surface area contributed by atoms with Crippen molar-refractivity contribution in [1.82, 2.24) is 0 Å². The summed E-state index contributed by atoms with van der Waals surface area (Å²) in [5.41, 5.74) is 0.111. The second kappa shape index (κ2) is 7.74. The van der Waals surface area contributed by atoms with Crippen molar-refractivity contribution in [2.24, 2.45) is 0 Å². The van der Waals surface area contributed by atoms with Crippen LogP contribution in [0.25, 0.3) is 0 Å². The fourth-order valence-electron chi connectivity index (χ4n) is 1.78. The van der Waals surface area contributed by atoms with Crippen LogP contribution in [0.3, 0.4) is 0 Å². The number of benzene rings is 1. The molecule has 0 bridgehead atoms. The largest absolute Gasteiger partial charge is 0.586 e. The van der Waals surface area contributed by atoms with E-state index in [0.717, 1.165) is 6.07 Å². The minimum absolute atomic E-state index is 0.111. The molecule has 0 saturated carbocycles. The molecule has 0 heterocycles. The lowest BCUT2D eigenvalue weighted by Gasteiger charge is -2.36. The summed E-state index contributed by atoms with van der Waals surface area (Å²) in [4.78, 5) is -0.539. The molecule has 1 aromatic rings. The lowest BCUT2D eigenvalue weighted by atomic mass is 10.1. The molecule has 1 rings (SSSR count). The Balaban J connectivity index is 3.66. The van der Waals surface area contributed by atoms with Gasteiger partial charge in [-0.05, 0) is 18.6 Å². The highest BCUT2D eigenvalue weighted by Crippen LogP contribution is 2.26. The molecule has 0 aliphatic carbocycles. The maximum atomic E-state index is 12.5. The van der Waals surface area contributed by atoms with E-state index in [1.165, 1.54) is 25.1 Å². The summed E-state index contributed by atoms with van der Waals surface area (Å²) in [5, 5.41) is 0. The third-order valence-corrected chi connectivity index (χ3v) is 5.73. The van der Waals surface area contributed by atoms with Crippen molar-refractivity contribution < 1.29 is 50.1 Å². The highest BCUT2D eigenvalue weighted by molar-refractivity contribution is 7.91. The maximum absolute atomic E-state index is 12.5. The van der Waals surface area contributed by atoms with E-state index in [2.05, 4.69) is 16.4 Å². The summed E-state index contributed by atoms with van der Waals surface area (Å²) in [6, 6.07) is 5.13. The van der Waals surface area contributed by atoms with Gasteiger partial charge < -0.3 is 16.4 Å². The Morgan fingerprint density at radius 3 is 1.37 bits per heavy atom. The van der Waals surface area contributed by atoms with Crippen molar-refractivity contribution in [3.63, 3.8) is 0 Å². The van der Waals surface area contributed by atoms with Crippen LogP contribution < -0.4 is 0 Å². The van der Waals surface area contributed by atoms with E-state index in [0.29, 0.717) is 18.8 Å². The summed E-state index contributed by atoms with van der Waals surface area (Å²) in [7, 11) is -19.2. The average Bonchev–Trinajstić information content (AvgIpc) is 2.30. The molecule has 0 aromatic heterocycles. The first-order chi connectivity index (χ1) is 11.8. The molecule has 0 saturated heterocycles. The van der Waals surface area contributed by atoms with Crippen molar-refractivity contribution in [2.75, 3.05) is 18.8 Å². The van der Waals surface area contributed by atoms with Crippen LogP contribution in [-0.2, 0) is 56.9 Å². The third kappa shape index (κ3) is 8.22. The molecular formula is C10H16BO12S4-. The van der Waals surface area contributed by atoms with E-state index in [9.17, 15) is 33.7 Å². The zero-order valence-corrected chi connectivity index (χ0v) is 17.7. The van der Waals surface area contributed by atoms with Gasteiger partial charge in [0, 0.05) is 0 Å². The Labute approximate surface area is 157 Å². The normalized spacial score (nSPS) is 14.2. The van der Waals surface area contributed by atoms with Crippen LogP contribution in [0.15, 0.2) is 29.2 Å². The first-order valence-electron chi connectivity index (χ1n) is 6.70. The Morgan fingerprint density at radius 1 is 0.667 bits per heavy atom. The lowest BCUT2D eigenvalue weighted by Crippen LogP contribution is -2.53. The van der Waals surface area contributed by atoms with Crippen LogP contribution in [0.1, 0.15) is 5.56 Å². The van der Waals surface area contributed by atoms with Gasteiger partial charge in [0.2, 0.25) is 30.4 Å². The third-order valence-electron chi connectivity index (χ3n) is 2.49. The van der Waals surface area contributed by atoms with Crippen LogP contribution in [-0.4, -0.2) is 59.4 Å². The molecule has 0 radical (unpaired) electrons. The molecule has 0 aliphatic heterocycles. The molecule has 27 heavy (non-hydrogen) atoms. The van der Waals surface area contributed by atoms with Crippen molar-refractivity contribution in [3.05, 3.63) is 29.8 Å². The molecule has 0 amide bonds. The van der Waals surface area contributed by atoms with E-state index >= 15 is 0 Å². The summed E-state index contributed by atoms with van der Waals surface area (Å²) in [6.07, 6.45) is 1.10. The summed E-state index contributed by atoms with van der Waals surface area (Å²) in [5.74, 6) is 0. The fourth-order valence-corrected chi connectivity index (χ4v) is 4.96. The summed E-state index contributed by atoms with van der Waals surface area (Å²) >= 11 is 0. The van der Waals surface area contributed by atoms with Gasteiger partial charge in [0.25, 0.3) is 10.1 Å². The second-order valence-corrected chi connectivity index (χ2v) is 11.6. The predicted octanol–water partition coefficient (Wildman–Crippen LogP) is -0.935. The first-order valence-corrected chi connectivity index (χ1v) is 13.6. The van der Waals surface area contributed by atoms with Crippen LogP contribution in [0, 0.1) is 6.92 Å². The number of aryl methyl sites for hydroxylation is 1. The minimum atomic E-state index is -5.01. The Kier molecular flexibility index (Phi) is 6.87. The molecule has 0 N–H and O–H groups in total. The van der Waals surface area contributed by atoms with Crippen LogP contribution in [0.2, 0.25) is 0 Å². The van der Waals surface area contributed by atoms with Crippen LogP contribution in [0.4, 0.5) is 0 Å². The van der Waals surface area contributed by atoms with E-state index in [-0.39, 0.29) is 5.56 Å². The standard InChI is InChI=1S/C10H16BO12S4/c1-9-7-5-6-8-10(9)27(18,19)23-11(20-24(2,12)13,21-25(3,14)15)22-26(4,16)17/h5-8H,1-4H3/q-1. The van der Waals surface area contributed by atoms with E-state index in [1.807, 2.05) is 0 Å². The molecule has 156 valence electrons. The van der Waals surface area contributed by atoms with Crippen molar-refractivity contribution in [2.45, 2.75) is 11.8 Å². The molecule has 0 aliphatic rings. The zero-order valence-electron chi connectivity index (χ0n) is 14.4. The molecule has 0 unspecified atom stereocenters. The highest BCUT2D eigenvalue weighted by Gasteiger charge is 2.47. The summed E-state index contributed by atoms with van der Waals surface area (Å²) in [6.45, 7) is -3.52. The quantitative estimate of drug-likeness (QED) is 0.409. The van der Waals surface area contributed by atoms with Gasteiger partial charge in [0.15, 0.2) is 0 Å². The number of rotatable bonds is 9. The maximum Gasteiger partial charge on any atom is 0.586 e. The van der Waals surface area contributed by atoms with Gasteiger partial charge in [0.1, 0.15) is 0 Å². The molecule has 1 aromatic carbocycles. The van der Waals surface area contributed by atoms with Crippen molar-refractivity contribution in [3.8, 4) is 0 Å². The Morgan fingerprint density at radius 2 is 1.04 bits per heavy atom. The van der Waals surface area contributed by atoms with Gasteiger partial charge in [-0.2, -0.15) is 8.42 Å². The van der Waals surface area contributed by atoms with Crippen molar-refractivity contribution >= 4 is 47.4 Å². The van der Waals surface area contributed by atoms with E-state index in [4.69, 9.17) is 0 Å². The van der Waals surface area contributed by atoms with Gasteiger partial charge >= 0.3 is 6.96 Å². The number of hydrogen-bond donors (Lipinski definition) is 0. The zero-order chi connectivity index (χ0) is 21.3. The van der Waals surface area contributed by atoms with Crippen LogP contribution in [0.5, 0.6) is 0 Å². The fraction of sp³-hybridized carbons (Fsp3) is 0.400.